The first-order valence-electron chi connectivity index (χ1n) is 12.8. The van der Waals surface area contributed by atoms with Gasteiger partial charge in [0, 0.05) is 68.7 Å². The second-order valence-corrected chi connectivity index (χ2v) is 9.70. The number of hydrogen-bond acceptors (Lipinski definition) is 2. The first-order chi connectivity index (χ1) is 17.1. The Bertz CT molecular complexity index is 1270. The van der Waals surface area contributed by atoms with Crippen molar-refractivity contribution in [3.63, 3.8) is 0 Å². The van der Waals surface area contributed by atoms with Crippen molar-refractivity contribution >= 4 is 16.8 Å². The highest BCUT2D eigenvalue weighted by Crippen LogP contribution is 2.35. The van der Waals surface area contributed by atoms with Gasteiger partial charge in [0.2, 0.25) is 5.91 Å². The molecule has 1 fully saturated rings. The number of carbonyl (C=O) groups excluding carboxylic acids is 1. The molecular formula is C31H35N3O. The molecule has 0 aliphatic carbocycles. The minimum Gasteiger partial charge on any atom is -0.347 e. The van der Waals surface area contributed by atoms with E-state index in [4.69, 9.17) is 0 Å². The van der Waals surface area contributed by atoms with Gasteiger partial charge in [0.05, 0.1) is 0 Å². The van der Waals surface area contributed by atoms with Gasteiger partial charge in [-0.3, -0.25) is 9.69 Å². The second kappa shape index (κ2) is 10.5. The lowest BCUT2D eigenvalue weighted by Crippen LogP contribution is -2.48. The van der Waals surface area contributed by atoms with Crippen LogP contribution in [0.4, 0.5) is 0 Å². The van der Waals surface area contributed by atoms with Crippen molar-refractivity contribution in [2.24, 2.45) is 0 Å². The zero-order valence-electron chi connectivity index (χ0n) is 20.9. The molecule has 0 unspecified atom stereocenters. The molecule has 1 saturated heterocycles. The van der Waals surface area contributed by atoms with E-state index in [1.807, 2.05) is 0 Å². The zero-order chi connectivity index (χ0) is 24.2. The molecule has 1 amide bonds. The molecule has 0 N–H and O–H groups in total. The van der Waals surface area contributed by atoms with E-state index in [2.05, 4.69) is 113 Å². The smallest absolute Gasteiger partial charge is 0.223 e. The van der Waals surface area contributed by atoms with Crippen LogP contribution in [0.1, 0.15) is 41.5 Å². The highest BCUT2D eigenvalue weighted by molar-refractivity contribution is 5.86. The number of rotatable bonds is 7. The molecule has 35 heavy (non-hydrogen) atoms. The van der Waals surface area contributed by atoms with Crippen LogP contribution in [0.25, 0.3) is 10.9 Å². The summed E-state index contributed by atoms with van der Waals surface area (Å²) in [6.45, 7) is 9.59. The van der Waals surface area contributed by atoms with Crippen LogP contribution in [0.15, 0.2) is 85.1 Å². The number of fused-ring (bicyclic) bond motifs is 1. The van der Waals surface area contributed by atoms with Crippen LogP contribution in [-0.2, 0) is 17.9 Å². The van der Waals surface area contributed by atoms with Crippen LogP contribution < -0.4 is 0 Å². The van der Waals surface area contributed by atoms with E-state index >= 15 is 0 Å². The van der Waals surface area contributed by atoms with Gasteiger partial charge in [-0.25, -0.2) is 0 Å². The normalized spacial score (nSPS) is 15.4. The van der Waals surface area contributed by atoms with Crippen molar-refractivity contribution in [2.45, 2.75) is 39.3 Å². The number of aryl methyl sites for hydroxylation is 2. The molecule has 3 aromatic carbocycles. The Balaban J connectivity index is 1.35. The number of nitrogens with zero attached hydrogens (tertiary/aromatic N) is 3. The summed E-state index contributed by atoms with van der Waals surface area (Å²) >= 11 is 0. The molecule has 180 valence electrons. The van der Waals surface area contributed by atoms with Crippen molar-refractivity contribution in [1.29, 1.82) is 0 Å². The Morgan fingerprint density at radius 2 is 1.54 bits per heavy atom. The molecule has 0 spiro atoms. The predicted molar refractivity (Wildman–Crippen MR) is 144 cm³/mol. The summed E-state index contributed by atoms with van der Waals surface area (Å²) < 4.78 is 2.30. The van der Waals surface area contributed by atoms with Gasteiger partial charge in [-0.05, 0) is 36.6 Å². The highest BCUT2D eigenvalue weighted by atomic mass is 16.2. The molecule has 4 aromatic rings. The maximum absolute atomic E-state index is 13.6. The number of benzene rings is 3. The number of carbonyl (C=O) groups is 1. The molecule has 0 bridgehead atoms. The fourth-order valence-electron chi connectivity index (χ4n) is 5.32. The second-order valence-electron chi connectivity index (χ2n) is 9.70. The first-order valence-corrected chi connectivity index (χ1v) is 12.8. The summed E-state index contributed by atoms with van der Waals surface area (Å²) in [6.07, 6.45) is 2.76. The molecule has 1 atom stereocenters. The van der Waals surface area contributed by atoms with Crippen molar-refractivity contribution in [1.82, 2.24) is 14.4 Å². The fraction of sp³-hybridized carbons (Fsp3) is 0.323. The van der Waals surface area contributed by atoms with Crippen molar-refractivity contribution in [2.75, 3.05) is 26.2 Å². The Labute approximate surface area is 208 Å². The lowest BCUT2D eigenvalue weighted by molar-refractivity contribution is -0.133. The van der Waals surface area contributed by atoms with Crippen LogP contribution in [0.5, 0.6) is 0 Å². The number of aromatic nitrogens is 1. The number of piperazine rings is 1. The van der Waals surface area contributed by atoms with Crippen LogP contribution >= 0.6 is 0 Å². The molecule has 0 saturated carbocycles. The van der Waals surface area contributed by atoms with Gasteiger partial charge in [-0.15, -0.1) is 0 Å². The van der Waals surface area contributed by atoms with Gasteiger partial charge in [0.15, 0.2) is 0 Å². The summed E-state index contributed by atoms with van der Waals surface area (Å²) in [5, 5.41) is 1.25. The Hall–Kier alpha value is -3.37. The molecule has 4 heteroatoms. The molecule has 1 aromatic heterocycles. The van der Waals surface area contributed by atoms with Crippen molar-refractivity contribution < 1.29 is 4.79 Å². The van der Waals surface area contributed by atoms with Gasteiger partial charge >= 0.3 is 0 Å². The summed E-state index contributed by atoms with van der Waals surface area (Å²) in [5.41, 5.74) is 6.28. The molecule has 0 radical (unpaired) electrons. The van der Waals surface area contributed by atoms with Crippen LogP contribution in [0, 0.1) is 6.92 Å². The van der Waals surface area contributed by atoms with Crippen LogP contribution in [0.3, 0.4) is 0 Å². The average molecular weight is 466 g/mol. The van der Waals surface area contributed by atoms with E-state index < -0.39 is 0 Å². The third kappa shape index (κ3) is 5.18. The Morgan fingerprint density at radius 3 is 2.26 bits per heavy atom. The Morgan fingerprint density at radius 1 is 0.857 bits per heavy atom. The minimum atomic E-state index is 0.0446. The molecule has 5 rings (SSSR count). The largest absolute Gasteiger partial charge is 0.347 e. The highest BCUT2D eigenvalue weighted by Gasteiger charge is 2.27. The maximum Gasteiger partial charge on any atom is 0.223 e. The van der Waals surface area contributed by atoms with E-state index in [9.17, 15) is 4.79 Å². The zero-order valence-corrected chi connectivity index (χ0v) is 20.9. The number of para-hydroxylation sites is 1. The predicted octanol–water partition coefficient (Wildman–Crippen LogP) is 5.84. The molecular weight excluding hydrogens is 430 g/mol. The Kier molecular flexibility index (Phi) is 7.01. The SMILES string of the molecule is CCn1cc([C@H](CC(=O)N2CCN(Cc3ccccc3)CC2)c2ccc(C)cc2)c2ccccc21. The summed E-state index contributed by atoms with van der Waals surface area (Å²) in [5.74, 6) is 0.298. The molecule has 1 aliphatic heterocycles. The van der Waals surface area contributed by atoms with E-state index in [1.165, 1.54) is 33.2 Å². The summed E-state index contributed by atoms with van der Waals surface area (Å²) in [7, 11) is 0. The van der Waals surface area contributed by atoms with Crippen LogP contribution in [0.2, 0.25) is 0 Å². The topological polar surface area (TPSA) is 28.5 Å². The first kappa shape index (κ1) is 23.4. The fourth-order valence-corrected chi connectivity index (χ4v) is 5.32. The van der Waals surface area contributed by atoms with E-state index in [0.717, 1.165) is 39.3 Å². The number of amides is 1. The minimum absolute atomic E-state index is 0.0446. The van der Waals surface area contributed by atoms with E-state index in [1.54, 1.807) is 0 Å². The maximum atomic E-state index is 13.6. The third-order valence-electron chi connectivity index (χ3n) is 7.37. The van der Waals surface area contributed by atoms with Gasteiger partial charge in [0.25, 0.3) is 0 Å². The van der Waals surface area contributed by atoms with Crippen LogP contribution in [-0.4, -0.2) is 46.5 Å². The number of hydrogen-bond donors (Lipinski definition) is 0. The lowest BCUT2D eigenvalue weighted by atomic mass is 9.87. The van der Waals surface area contributed by atoms with Gasteiger partial charge in [-0.1, -0.05) is 78.4 Å². The van der Waals surface area contributed by atoms with Crippen molar-refractivity contribution in [3.05, 3.63) is 107 Å². The standard InChI is InChI=1S/C31H35N3O/c1-3-33-23-29(27-11-7-8-12-30(27)33)28(26-15-13-24(2)14-16-26)21-31(35)34-19-17-32(18-20-34)22-25-9-5-4-6-10-25/h4-16,23,28H,3,17-22H2,1-2H3/t28-/m1/s1. The van der Waals surface area contributed by atoms with E-state index in [0.29, 0.717) is 6.42 Å². The summed E-state index contributed by atoms with van der Waals surface area (Å²) in [4.78, 5) is 18.1. The molecule has 4 nitrogen and oxygen atoms in total. The lowest BCUT2D eigenvalue weighted by Gasteiger charge is -2.35. The van der Waals surface area contributed by atoms with E-state index in [-0.39, 0.29) is 11.8 Å². The molecule has 1 aliphatic rings. The van der Waals surface area contributed by atoms with Gasteiger partial charge in [0.1, 0.15) is 0 Å². The monoisotopic (exact) mass is 465 g/mol. The summed E-state index contributed by atoms with van der Waals surface area (Å²) in [6, 6.07) is 27.9. The average Bonchev–Trinajstić information content (AvgIpc) is 3.27. The third-order valence-corrected chi connectivity index (χ3v) is 7.37. The van der Waals surface area contributed by atoms with Crippen molar-refractivity contribution in [3.8, 4) is 0 Å². The quantitative estimate of drug-likeness (QED) is 0.343. The van der Waals surface area contributed by atoms with Gasteiger partial charge < -0.3 is 9.47 Å². The molecule has 2 heterocycles. The van der Waals surface area contributed by atoms with Gasteiger partial charge in [-0.2, -0.15) is 0 Å².